The van der Waals surface area contributed by atoms with Crippen LogP contribution in [0.2, 0.25) is 0 Å². The Morgan fingerprint density at radius 2 is 1.80 bits per heavy atom. The Kier molecular flexibility index (Phi) is 5.97. The van der Waals surface area contributed by atoms with E-state index in [0.29, 0.717) is 0 Å². The minimum atomic E-state index is -3.53. The van der Waals surface area contributed by atoms with Crippen LogP contribution in [0.15, 0.2) is 0 Å². The zero-order valence-electron chi connectivity index (χ0n) is 7.87. The van der Waals surface area contributed by atoms with Crippen LogP contribution in [-0.2, 0) is 21.4 Å². The largest absolute Gasteiger partial charge is 0.481 e. The summed E-state index contributed by atoms with van der Waals surface area (Å²) in [6.45, 7) is -3.53. The highest BCUT2D eigenvalue weighted by Gasteiger charge is 2.24. The Hall–Kier alpha value is -0.490. The molecule has 0 saturated carbocycles. The van der Waals surface area contributed by atoms with Crippen molar-refractivity contribution in [2.75, 3.05) is 6.16 Å². The van der Waals surface area contributed by atoms with Crippen LogP contribution < -0.4 is 0 Å². The standard InChI is InChI=1S/C7H13O6PS/c8-6(9)3-1-2-5(7(10)11)4-14(12,13)15/h5H,1-4H2,(H,8,9)(H,10,11)(H2,12,13,15). The third kappa shape index (κ3) is 8.50. The van der Waals surface area contributed by atoms with Crippen LogP contribution in [0, 0.1) is 5.92 Å². The van der Waals surface area contributed by atoms with Crippen molar-refractivity contribution in [2.24, 2.45) is 5.92 Å². The van der Waals surface area contributed by atoms with Gasteiger partial charge in [0.25, 0.3) is 0 Å². The molecule has 15 heavy (non-hydrogen) atoms. The summed E-state index contributed by atoms with van der Waals surface area (Å²) in [5, 5.41) is 17.0. The molecule has 0 aromatic heterocycles. The molecule has 8 heteroatoms. The molecule has 88 valence electrons. The van der Waals surface area contributed by atoms with Crippen LogP contribution in [0.5, 0.6) is 0 Å². The molecule has 0 rings (SSSR count). The third-order valence-electron chi connectivity index (χ3n) is 1.75. The average molecular weight is 256 g/mol. The van der Waals surface area contributed by atoms with Gasteiger partial charge in [0.2, 0.25) is 0 Å². The Bertz CT molecular complexity index is 285. The van der Waals surface area contributed by atoms with E-state index in [1.54, 1.807) is 0 Å². The summed E-state index contributed by atoms with van der Waals surface area (Å²) in [6.07, 6.45) is -0.246. The maximum absolute atomic E-state index is 10.7. The van der Waals surface area contributed by atoms with Gasteiger partial charge >= 0.3 is 11.9 Å². The van der Waals surface area contributed by atoms with Gasteiger partial charge in [0, 0.05) is 12.6 Å². The first-order valence-corrected chi connectivity index (χ1v) is 7.11. The Morgan fingerprint density at radius 1 is 1.27 bits per heavy atom. The fourth-order valence-electron chi connectivity index (χ4n) is 1.08. The lowest BCUT2D eigenvalue weighted by Gasteiger charge is -2.14. The zero-order valence-corrected chi connectivity index (χ0v) is 9.58. The number of rotatable bonds is 7. The molecule has 0 aromatic carbocycles. The lowest BCUT2D eigenvalue weighted by molar-refractivity contribution is -0.142. The van der Waals surface area contributed by atoms with E-state index in [0.717, 1.165) is 0 Å². The van der Waals surface area contributed by atoms with E-state index in [1.807, 2.05) is 0 Å². The third-order valence-corrected chi connectivity index (χ3v) is 3.11. The minimum absolute atomic E-state index is 0.0845. The quantitative estimate of drug-likeness (QED) is 0.482. The molecule has 0 amide bonds. The van der Waals surface area contributed by atoms with E-state index >= 15 is 0 Å². The fourth-order valence-corrected chi connectivity index (χ4v) is 2.53. The second kappa shape index (κ2) is 6.17. The van der Waals surface area contributed by atoms with E-state index in [1.165, 1.54) is 0 Å². The molecule has 0 radical (unpaired) electrons. The maximum atomic E-state index is 10.7. The topological polar surface area (TPSA) is 115 Å². The summed E-state index contributed by atoms with van der Waals surface area (Å²) in [4.78, 5) is 38.7. The highest BCUT2D eigenvalue weighted by Crippen LogP contribution is 2.38. The van der Waals surface area contributed by atoms with Crippen LogP contribution in [0.3, 0.4) is 0 Å². The van der Waals surface area contributed by atoms with Crippen LogP contribution in [0.4, 0.5) is 0 Å². The highest BCUT2D eigenvalue weighted by molar-refractivity contribution is 8.09. The van der Waals surface area contributed by atoms with Crippen LogP contribution in [0.1, 0.15) is 19.3 Å². The summed E-state index contributed by atoms with van der Waals surface area (Å²) in [5.41, 5.74) is 0. The van der Waals surface area contributed by atoms with Gasteiger partial charge in [-0.25, -0.2) is 0 Å². The van der Waals surface area contributed by atoms with Gasteiger partial charge in [0.05, 0.1) is 5.92 Å². The van der Waals surface area contributed by atoms with Crippen LogP contribution in [-0.4, -0.2) is 38.1 Å². The van der Waals surface area contributed by atoms with Gasteiger partial charge in [-0.3, -0.25) is 9.59 Å². The highest BCUT2D eigenvalue weighted by atomic mass is 32.5. The Morgan fingerprint density at radius 3 is 2.13 bits per heavy atom. The summed E-state index contributed by atoms with van der Waals surface area (Å²) >= 11 is 4.32. The molecule has 0 aliphatic heterocycles. The van der Waals surface area contributed by atoms with E-state index < -0.39 is 24.3 Å². The summed E-state index contributed by atoms with van der Waals surface area (Å²) < 4.78 is 0. The molecule has 0 aliphatic rings. The van der Waals surface area contributed by atoms with Gasteiger partial charge in [-0.05, 0) is 24.6 Å². The second-order valence-corrected chi connectivity index (χ2v) is 6.62. The molecule has 0 spiro atoms. The van der Waals surface area contributed by atoms with Gasteiger partial charge in [-0.1, -0.05) is 0 Å². The van der Waals surface area contributed by atoms with E-state index in [9.17, 15) is 9.59 Å². The maximum Gasteiger partial charge on any atom is 0.307 e. The number of carbonyl (C=O) groups is 2. The SMILES string of the molecule is O=C(O)CCCC(CP(O)(O)=S)C(=O)O. The van der Waals surface area contributed by atoms with Crippen molar-refractivity contribution in [1.82, 2.24) is 0 Å². The summed E-state index contributed by atoms with van der Waals surface area (Å²) in [6, 6.07) is 0. The first-order chi connectivity index (χ1) is 6.72. The van der Waals surface area contributed by atoms with Crippen molar-refractivity contribution in [3.8, 4) is 0 Å². The summed E-state index contributed by atoms with van der Waals surface area (Å²) in [7, 11) is 0. The molecule has 0 fully saturated rings. The van der Waals surface area contributed by atoms with Gasteiger partial charge in [-0.2, -0.15) is 0 Å². The molecule has 0 aromatic rings. The number of carboxylic acid groups (broad SMARTS) is 2. The molecular formula is C7H13O6PS. The van der Waals surface area contributed by atoms with Crippen molar-refractivity contribution in [3.05, 3.63) is 0 Å². The van der Waals surface area contributed by atoms with Gasteiger partial charge in [0.15, 0.2) is 6.49 Å². The molecule has 1 atom stereocenters. The minimum Gasteiger partial charge on any atom is -0.481 e. The predicted molar refractivity (Wildman–Crippen MR) is 56.2 cm³/mol. The van der Waals surface area contributed by atoms with Crippen LogP contribution in [0.25, 0.3) is 0 Å². The normalized spacial score (nSPS) is 13.5. The second-order valence-electron chi connectivity index (χ2n) is 3.17. The molecule has 0 bridgehead atoms. The Balaban J connectivity index is 4.12. The average Bonchev–Trinajstić information content (AvgIpc) is 1.99. The van der Waals surface area contributed by atoms with Gasteiger partial charge in [-0.15, -0.1) is 0 Å². The van der Waals surface area contributed by atoms with Crippen molar-refractivity contribution in [1.29, 1.82) is 0 Å². The van der Waals surface area contributed by atoms with E-state index in [-0.39, 0.29) is 25.4 Å². The van der Waals surface area contributed by atoms with E-state index in [4.69, 9.17) is 20.0 Å². The predicted octanol–water partition coefficient (Wildman–Crippen LogP) is 0.236. The Labute approximate surface area is 91.7 Å². The molecular weight excluding hydrogens is 243 g/mol. The number of hydrogen-bond donors (Lipinski definition) is 4. The molecule has 0 aliphatic carbocycles. The van der Waals surface area contributed by atoms with Gasteiger partial charge < -0.3 is 20.0 Å². The van der Waals surface area contributed by atoms with E-state index in [2.05, 4.69) is 11.8 Å². The first-order valence-electron chi connectivity index (χ1n) is 4.21. The molecule has 4 N–H and O–H groups in total. The van der Waals surface area contributed by atoms with Crippen molar-refractivity contribution in [3.63, 3.8) is 0 Å². The number of hydrogen-bond acceptors (Lipinski definition) is 3. The fraction of sp³-hybridized carbons (Fsp3) is 0.714. The lowest BCUT2D eigenvalue weighted by Crippen LogP contribution is -2.18. The zero-order chi connectivity index (χ0) is 12.1. The number of aliphatic carboxylic acids is 2. The molecule has 0 heterocycles. The van der Waals surface area contributed by atoms with Crippen molar-refractivity contribution in [2.45, 2.75) is 19.3 Å². The van der Waals surface area contributed by atoms with Gasteiger partial charge in [0.1, 0.15) is 0 Å². The van der Waals surface area contributed by atoms with Crippen molar-refractivity contribution < 1.29 is 29.6 Å². The summed E-state index contributed by atoms with van der Waals surface area (Å²) in [5.74, 6) is -3.17. The molecule has 0 saturated heterocycles. The lowest BCUT2D eigenvalue weighted by atomic mass is 10.0. The number of carboxylic acids is 2. The van der Waals surface area contributed by atoms with Crippen LogP contribution >= 0.6 is 6.49 Å². The molecule has 6 nitrogen and oxygen atoms in total. The smallest absolute Gasteiger partial charge is 0.307 e. The monoisotopic (exact) mass is 256 g/mol. The molecule has 1 unspecified atom stereocenters. The van der Waals surface area contributed by atoms with Crippen molar-refractivity contribution >= 4 is 30.2 Å². The first kappa shape index (κ1) is 14.5.